The van der Waals surface area contributed by atoms with Crippen LogP contribution in [0.4, 0.5) is 11.6 Å². The predicted molar refractivity (Wildman–Crippen MR) is 136 cm³/mol. The van der Waals surface area contributed by atoms with Crippen molar-refractivity contribution in [1.82, 2.24) is 9.29 Å². The minimum absolute atomic E-state index is 0.0462. The van der Waals surface area contributed by atoms with Crippen LogP contribution in [0.15, 0.2) is 108 Å². The molecule has 0 aliphatic heterocycles. The molecule has 1 heterocycles. The highest BCUT2D eigenvalue weighted by Crippen LogP contribution is 2.31. The van der Waals surface area contributed by atoms with Gasteiger partial charge in [0.15, 0.2) is 4.90 Å². The third-order valence-corrected chi connectivity index (χ3v) is 7.00. The van der Waals surface area contributed by atoms with Gasteiger partial charge in [0, 0.05) is 12.5 Å². The number of hydrogen-bond donors (Lipinski definition) is 2. The molecule has 0 radical (unpaired) electrons. The molecule has 4 N–H and O–H groups in total. The van der Waals surface area contributed by atoms with Crippen molar-refractivity contribution < 1.29 is 4.55 Å². The van der Waals surface area contributed by atoms with Gasteiger partial charge in [0.1, 0.15) is 11.6 Å². The second-order valence-corrected chi connectivity index (χ2v) is 9.40. The predicted octanol–water partition coefficient (Wildman–Crippen LogP) is 4.99. The number of benzene rings is 3. The van der Waals surface area contributed by atoms with Crippen molar-refractivity contribution in [2.75, 3.05) is 18.0 Å². The first-order valence-corrected chi connectivity index (χ1v) is 12.0. The smallest absolute Gasteiger partial charge is 0.174 e. The molecule has 0 saturated heterocycles. The normalized spacial score (nSPS) is 13.0. The number of anilines is 2. The van der Waals surface area contributed by atoms with E-state index in [9.17, 15) is 4.55 Å². The second-order valence-electron chi connectivity index (χ2n) is 7.91. The zero-order valence-corrected chi connectivity index (χ0v) is 19.2. The first kappa shape index (κ1) is 22.9. The van der Waals surface area contributed by atoms with Crippen molar-refractivity contribution in [3.8, 4) is 0 Å². The Morgan fingerprint density at radius 2 is 1.30 bits per heavy atom. The second kappa shape index (κ2) is 11.0. The molecular formula is C27H28N4OS. The van der Waals surface area contributed by atoms with Crippen LogP contribution in [-0.2, 0) is 17.9 Å². The first-order valence-electron chi connectivity index (χ1n) is 10.9. The lowest BCUT2D eigenvalue weighted by Crippen LogP contribution is -2.32. The van der Waals surface area contributed by atoms with E-state index in [0.717, 1.165) is 28.0 Å². The zero-order valence-electron chi connectivity index (χ0n) is 18.4. The lowest BCUT2D eigenvalue weighted by molar-refractivity contribution is 0.392. The van der Waals surface area contributed by atoms with Crippen LogP contribution in [0.5, 0.6) is 0 Å². The average molecular weight is 457 g/mol. The summed E-state index contributed by atoms with van der Waals surface area (Å²) in [6, 6.07) is 33.8. The van der Waals surface area contributed by atoms with E-state index in [2.05, 4.69) is 29.2 Å². The highest BCUT2D eigenvalue weighted by Gasteiger charge is 2.25. The SMILES string of the molecule is Nc1cc(C(CCN(Cc2ccccc2)[S+]([O-])c2ccccc2)c2ccccc2)cc(N)n1. The standard InChI is InChI=1S/C27H28N4OS/c28-26-18-23(19-27(29)30-26)25(22-12-6-2-7-13-22)16-17-31(20-21-10-4-1-5-11-21)33(32)24-14-8-3-9-15-24/h1-15,18-19,25H,16-17,20H2,(H4,28,29,30). The molecule has 2 atom stereocenters. The maximum Gasteiger partial charge on any atom is 0.174 e. The fourth-order valence-corrected chi connectivity index (χ4v) is 5.20. The van der Waals surface area contributed by atoms with E-state index in [4.69, 9.17) is 11.5 Å². The van der Waals surface area contributed by atoms with E-state index in [1.165, 1.54) is 0 Å². The third-order valence-electron chi connectivity index (χ3n) is 5.54. The van der Waals surface area contributed by atoms with Gasteiger partial charge in [-0.15, -0.1) is 4.31 Å². The summed E-state index contributed by atoms with van der Waals surface area (Å²) in [7, 11) is 0. The third kappa shape index (κ3) is 6.14. The molecule has 2 unspecified atom stereocenters. The van der Waals surface area contributed by atoms with Crippen LogP contribution in [0.25, 0.3) is 0 Å². The van der Waals surface area contributed by atoms with Crippen LogP contribution in [0.3, 0.4) is 0 Å². The summed E-state index contributed by atoms with van der Waals surface area (Å²) in [5, 5.41) is 0. The van der Waals surface area contributed by atoms with Crippen molar-refractivity contribution >= 4 is 23.0 Å². The molecule has 5 nitrogen and oxygen atoms in total. The lowest BCUT2D eigenvalue weighted by atomic mass is 9.89. The van der Waals surface area contributed by atoms with Crippen LogP contribution in [0.1, 0.15) is 29.0 Å². The van der Waals surface area contributed by atoms with Crippen LogP contribution in [-0.4, -0.2) is 20.4 Å². The Bertz CT molecular complexity index is 1120. The Labute approximate surface area is 198 Å². The molecule has 168 valence electrons. The van der Waals surface area contributed by atoms with Gasteiger partial charge in [-0.25, -0.2) is 4.98 Å². The molecular weight excluding hydrogens is 428 g/mol. The van der Waals surface area contributed by atoms with Crippen molar-refractivity contribution in [3.63, 3.8) is 0 Å². The van der Waals surface area contributed by atoms with Gasteiger partial charge in [-0.1, -0.05) is 78.9 Å². The van der Waals surface area contributed by atoms with Gasteiger partial charge in [0.05, 0.1) is 17.9 Å². The summed E-state index contributed by atoms with van der Waals surface area (Å²) in [6.45, 7) is 1.21. The molecule has 0 spiro atoms. The molecule has 0 bridgehead atoms. The number of pyridine rings is 1. The Morgan fingerprint density at radius 1 is 0.758 bits per heavy atom. The Morgan fingerprint density at radius 3 is 1.91 bits per heavy atom. The fraction of sp³-hybridized carbons (Fsp3) is 0.148. The Balaban J connectivity index is 1.62. The molecule has 4 aromatic rings. The van der Waals surface area contributed by atoms with E-state index in [1.54, 1.807) is 0 Å². The minimum Gasteiger partial charge on any atom is -0.593 e. The first-order chi connectivity index (χ1) is 16.1. The molecule has 0 amide bonds. The number of nitrogen functional groups attached to an aromatic ring is 2. The molecule has 1 aromatic heterocycles. The minimum atomic E-state index is -1.29. The van der Waals surface area contributed by atoms with E-state index in [0.29, 0.717) is 24.7 Å². The highest BCUT2D eigenvalue weighted by atomic mass is 32.2. The fourth-order valence-electron chi connectivity index (χ4n) is 3.98. The van der Waals surface area contributed by atoms with Crippen LogP contribution in [0.2, 0.25) is 0 Å². The molecule has 0 fully saturated rings. The number of nitrogens with two attached hydrogens (primary N) is 2. The summed E-state index contributed by atoms with van der Waals surface area (Å²) in [6.07, 6.45) is 0.748. The maximum atomic E-state index is 13.5. The summed E-state index contributed by atoms with van der Waals surface area (Å²) < 4.78 is 15.6. The quantitative estimate of drug-likeness (QED) is 0.346. The lowest BCUT2D eigenvalue weighted by Gasteiger charge is -2.27. The van der Waals surface area contributed by atoms with E-state index in [1.807, 2.05) is 83.2 Å². The summed E-state index contributed by atoms with van der Waals surface area (Å²) in [5.74, 6) is 0.852. The maximum absolute atomic E-state index is 13.5. The van der Waals surface area contributed by atoms with Crippen LogP contribution in [0, 0.1) is 0 Å². The van der Waals surface area contributed by atoms with E-state index in [-0.39, 0.29) is 5.92 Å². The van der Waals surface area contributed by atoms with Gasteiger partial charge in [-0.2, -0.15) is 0 Å². The monoisotopic (exact) mass is 456 g/mol. The topological polar surface area (TPSA) is 91.2 Å². The van der Waals surface area contributed by atoms with Gasteiger partial charge in [0.25, 0.3) is 0 Å². The van der Waals surface area contributed by atoms with Crippen molar-refractivity contribution in [1.29, 1.82) is 0 Å². The van der Waals surface area contributed by atoms with Crippen LogP contribution < -0.4 is 11.5 Å². The molecule has 33 heavy (non-hydrogen) atoms. The molecule has 0 aliphatic carbocycles. The van der Waals surface area contributed by atoms with E-state index < -0.39 is 11.4 Å². The van der Waals surface area contributed by atoms with Gasteiger partial charge in [-0.05, 0) is 47.4 Å². The number of rotatable bonds is 9. The van der Waals surface area contributed by atoms with Crippen molar-refractivity contribution in [3.05, 3.63) is 120 Å². The molecule has 4 rings (SSSR count). The Kier molecular flexibility index (Phi) is 7.62. The van der Waals surface area contributed by atoms with Crippen LogP contribution >= 0.6 is 0 Å². The molecule has 3 aromatic carbocycles. The Hall–Kier alpha value is -3.32. The number of aromatic nitrogens is 1. The summed E-state index contributed by atoms with van der Waals surface area (Å²) >= 11 is -1.29. The summed E-state index contributed by atoms with van der Waals surface area (Å²) in [4.78, 5) is 4.92. The molecule has 0 aliphatic rings. The zero-order chi connectivity index (χ0) is 23.0. The largest absolute Gasteiger partial charge is 0.593 e. The average Bonchev–Trinajstić information content (AvgIpc) is 2.84. The highest BCUT2D eigenvalue weighted by molar-refractivity contribution is 7.89. The van der Waals surface area contributed by atoms with Gasteiger partial charge in [0.2, 0.25) is 0 Å². The van der Waals surface area contributed by atoms with Crippen molar-refractivity contribution in [2.24, 2.45) is 0 Å². The number of hydrogen-bond acceptors (Lipinski definition) is 5. The van der Waals surface area contributed by atoms with Crippen molar-refractivity contribution in [2.45, 2.75) is 23.8 Å². The van der Waals surface area contributed by atoms with E-state index >= 15 is 0 Å². The van der Waals surface area contributed by atoms with Gasteiger partial charge < -0.3 is 16.0 Å². The van der Waals surface area contributed by atoms with Gasteiger partial charge in [-0.3, -0.25) is 0 Å². The summed E-state index contributed by atoms with van der Waals surface area (Å²) in [5.41, 5.74) is 15.3. The molecule has 0 saturated carbocycles. The molecule has 6 heteroatoms. The van der Waals surface area contributed by atoms with Gasteiger partial charge >= 0.3 is 0 Å². The number of nitrogens with zero attached hydrogens (tertiary/aromatic N) is 2.